The van der Waals surface area contributed by atoms with Crippen LogP contribution in [0.1, 0.15) is 51.4 Å². The van der Waals surface area contributed by atoms with Crippen molar-refractivity contribution in [1.82, 2.24) is 5.32 Å². The highest BCUT2D eigenvalue weighted by Crippen LogP contribution is 2.40. The Bertz CT molecular complexity index is 1610. The van der Waals surface area contributed by atoms with Gasteiger partial charge < -0.3 is 29.7 Å². The van der Waals surface area contributed by atoms with E-state index < -0.39 is 18.4 Å². The topological polar surface area (TPSA) is 114 Å². The molecule has 1 heterocycles. The molecular formula is C36H35NO7S. The molecule has 3 atom stereocenters. The lowest BCUT2D eigenvalue weighted by Crippen LogP contribution is -2.31. The van der Waals surface area contributed by atoms with E-state index in [2.05, 4.69) is 18.0 Å². The molecule has 0 unspecified atom stereocenters. The zero-order valence-electron chi connectivity index (χ0n) is 24.6. The number of aromatic carboxylic acids is 1. The number of benzene rings is 4. The summed E-state index contributed by atoms with van der Waals surface area (Å²) < 4.78 is 18.1. The van der Waals surface area contributed by atoms with Gasteiger partial charge in [0.1, 0.15) is 6.61 Å². The summed E-state index contributed by atoms with van der Waals surface area (Å²) in [6.45, 7) is 4.00. The lowest BCUT2D eigenvalue weighted by Gasteiger charge is -2.36. The van der Waals surface area contributed by atoms with E-state index in [1.54, 1.807) is 23.9 Å². The van der Waals surface area contributed by atoms with Gasteiger partial charge in [-0.05, 0) is 64.2 Å². The van der Waals surface area contributed by atoms with Crippen molar-refractivity contribution in [2.24, 2.45) is 0 Å². The molecule has 3 N–H and O–H groups in total. The lowest BCUT2D eigenvalue weighted by molar-refractivity contribution is -0.245. The van der Waals surface area contributed by atoms with Crippen molar-refractivity contribution in [2.45, 2.75) is 43.0 Å². The van der Waals surface area contributed by atoms with Crippen LogP contribution in [-0.2, 0) is 27.4 Å². The van der Waals surface area contributed by atoms with Crippen LogP contribution in [0.4, 0.5) is 4.79 Å². The Morgan fingerprint density at radius 2 is 1.64 bits per heavy atom. The average molecular weight is 626 g/mol. The minimum absolute atomic E-state index is 0.0269. The number of hydrogen-bond donors (Lipinski definition) is 3. The molecule has 1 amide bonds. The number of alkyl carbamates (subject to hydrolysis) is 1. The van der Waals surface area contributed by atoms with Gasteiger partial charge in [0, 0.05) is 29.2 Å². The van der Waals surface area contributed by atoms with E-state index in [1.807, 2.05) is 78.9 Å². The summed E-state index contributed by atoms with van der Waals surface area (Å²) in [5.41, 5.74) is 5.86. The van der Waals surface area contributed by atoms with Crippen molar-refractivity contribution in [2.75, 3.05) is 12.4 Å². The Labute approximate surface area is 266 Å². The number of rotatable bonds is 12. The molecule has 5 rings (SSSR count). The molecule has 0 radical (unpaired) electrons. The van der Waals surface area contributed by atoms with Crippen LogP contribution in [0.25, 0.3) is 11.1 Å². The summed E-state index contributed by atoms with van der Waals surface area (Å²) in [4.78, 5) is 24.1. The predicted octanol–water partition coefficient (Wildman–Crippen LogP) is 7.29. The molecular weight excluding hydrogens is 590 g/mol. The van der Waals surface area contributed by atoms with Crippen LogP contribution in [0, 0.1) is 0 Å². The molecule has 0 saturated carbocycles. The fourth-order valence-corrected chi connectivity index (χ4v) is 5.91. The molecule has 0 aliphatic carbocycles. The molecule has 9 heteroatoms. The lowest BCUT2D eigenvalue weighted by atomic mass is 9.99. The number of nitrogens with one attached hydrogen (secondary N) is 1. The Kier molecular flexibility index (Phi) is 11.1. The number of carboxylic acids is 1. The number of carbonyl (C=O) groups is 2. The van der Waals surface area contributed by atoms with Gasteiger partial charge in [0.2, 0.25) is 0 Å². The highest BCUT2D eigenvalue weighted by Gasteiger charge is 2.32. The molecule has 0 spiro atoms. The highest BCUT2D eigenvalue weighted by molar-refractivity contribution is 7.99. The molecule has 45 heavy (non-hydrogen) atoms. The summed E-state index contributed by atoms with van der Waals surface area (Å²) in [5, 5.41) is 21.5. The molecule has 1 aliphatic rings. The first kappa shape index (κ1) is 32.0. The van der Waals surface area contributed by atoms with Gasteiger partial charge in [-0.25, -0.2) is 9.59 Å². The van der Waals surface area contributed by atoms with E-state index in [4.69, 9.17) is 14.2 Å². The standard InChI is InChI=1S/C36H35NO7S/c1-2-17-42-36(41)37-21-25-5-3-6-28(18-25)29-7-4-8-30(19-29)35-43-31(23-45-32-15-13-27(14-16-32)34(39)40)20-33(44-35)26-11-9-24(22-38)10-12-26/h2-16,18-19,31,33,35,38H,1,17,20-23H2,(H,37,41)(H,39,40)/t31-,33+,35+/m1/s1. The normalized spacial score (nSPS) is 17.8. The van der Waals surface area contributed by atoms with Gasteiger partial charge in [-0.3, -0.25) is 0 Å². The van der Waals surface area contributed by atoms with Gasteiger partial charge in [0.25, 0.3) is 0 Å². The van der Waals surface area contributed by atoms with Crippen LogP contribution >= 0.6 is 11.8 Å². The number of ether oxygens (including phenoxy) is 3. The minimum atomic E-state index is -0.952. The van der Waals surface area contributed by atoms with E-state index in [-0.39, 0.29) is 31.0 Å². The van der Waals surface area contributed by atoms with Gasteiger partial charge >= 0.3 is 12.1 Å². The molecule has 4 aromatic rings. The third-order valence-corrected chi connectivity index (χ3v) is 8.48. The first-order chi connectivity index (χ1) is 21.9. The largest absolute Gasteiger partial charge is 0.478 e. The van der Waals surface area contributed by atoms with E-state index >= 15 is 0 Å². The molecule has 232 valence electrons. The van der Waals surface area contributed by atoms with Gasteiger partial charge in [-0.2, -0.15) is 0 Å². The monoisotopic (exact) mass is 625 g/mol. The molecule has 0 bridgehead atoms. The van der Waals surface area contributed by atoms with E-state index in [9.17, 15) is 19.8 Å². The Morgan fingerprint density at radius 1 is 0.911 bits per heavy atom. The first-order valence-electron chi connectivity index (χ1n) is 14.6. The SMILES string of the molecule is C=CCOC(=O)NCc1cccc(-c2cccc([C@H]3O[C@@H](CSc4ccc(C(=O)O)cc4)C[C@@H](c4ccc(CO)cc4)O3)c2)c1. The van der Waals surface area contributed by atoms with E-state index in [0.29, 0.717) is 18.7 Å². The average Bonchev–Trinajstić information content (AvgIpc) is 3.09. The molecule has 1 saturated heterocycles. The number of thioether (sulfide) groups is 1. The van der Waals surface area contributed by atoms with Crippen LogP contribution < -0.4 is 5.32 Å². The number of amides is 1. The van der Waals surface area contributed by atoms with E-state index in [0.717, 1.165) is 38.3 Å². The fraction of sp³-hybridized carbons (Fsp3) is 0.222. The summed E-state index contributed by atoms with van der Waals surface area (Å²) in [6.07, 6.45) is 0.666. The smallest absolute Gasteiger partial charge is 0.407 e. The van der Waals surface area contributed by atoms with Gasteiger partial charge in [0.15, 0.2) is 6.29 Å². The molecule has 8 nitrogen and oxygen atoms in total. The second kappa shape index (κ2) is 15.5. The predicted molar refractivity (Wildman–Crippen MR) is 173 cm³/mol. The Balaban J connectivity index is 1.33. The summed E-state index contributed by atoms with van der Waals surface area (Å²) in [7, 11) is 0. The quantitative estimate of drug-likeness (QED) is 0.111. The number of carboxylic acid groups (broad SMARTS) is 1. The van der Waals surface area contributed by atoms with E-state index in [1.165, 1.54) is 6.08 Å². The molecule has 4 aromatic carbocycles. The zero-order chi connectivity index (χ0) is 31.6. The van der Waals surface area contributed by atoms with Crippen molar-refractivity contribution < 1.29 is 34.0 Å². The Morgan fingerprint density at radius 3 is 2.36 bits per heavy atom. The summed E-state index contributed by atoms with van der Waals surface area (Å²) in [5.74, 6) is -0.298. The summed E-state index contributed by atoms with van der Waals surface area (Å²) in [6, 6.07) is 30.6. The van der Waals surface area contributed by atoms with Crippen LogP contribution in [-0.4, -0.2) is 40.7 Å². The zero-order valence-corrected chi connectivity index (χ0v) is 25.5. The first-order valence-corrected chi connectivity index (χ1v) is 15.6. The van der Waals surface area contributed by atoms with Crippen LogP contribution in [0.5, 0.6) is 0 Å². The Hall–Kier alpha value is -4.41. The van der Waals surface area contributed by atoms with Gasteiger partial charge in [-0.15, -0.1) is 11.8 Å². The van der Waals surface area contributed by atoms with Crippen molar-refractivity contribution >= 4 is 23.8 Å². The van der Waals surface area contributed by atoms with Crippen LogP contribution in [0.15, 0.2) is 115 Å². The van der Waals surface area contributed by atoms with Crippen molar-refractivity contribution in [3.05, 3.63) is 138 Å². The molecule has 1 fully saturated rings. The third kappa shape index (κ3) is 8.83. The highest BCUT2D eigenvalue weighted by atomic mass is 32.2. The maximum absolute atomic E-state index is 11.9. The molecule has 0 aromatic heterocycles. The maximum atomic E-state index is 11.9. The maximum Gasteiger partial charge on any atom is 0.407 e. The second-order valence-corrected chi connectivity index (χ2v) is 11.7. The minimum Gasteiger partial charge on any atom is -0.478 e. The second-order valence-electron chi connectivity index (χ2n) is 10.6. The summed E-state index contributed by atoms with van der Waals surface area (Å²) >= 11 is 1.61. The van der Waals surface area contributed by atoms with Gasteiger partial charge in [0.05, 0.1) is 24.4 Å². The van der Waals surface area contributed by atoms with Crippen LogP contribution in [0.3, 0.4) is 0 Å². The number of aliphatic hydroxyl groups is 1. The number of carbonyl (C=O) groups excluding carboxylic acids is 1. The van der Waals surface area contributed by atoms with Crippen molar-refractivity contribution in [3.8, 4) is 11.1 Å². The van der Waals surface area contributed by atoms with Gasteiger partial charge in [-0.1, -0.05) is 73.3 Å². The molecule has 1 aliphatic heterocycles. The number of aliphatic hydroxyl groups excluding tert-OH is 1. The number of hydrogen-bond acceptors (Lipinski definition) is 7. The fourth-order valence-electron chi connectivity index (χ4n) is 4.99. The van der Waals surface area contributed by atoms with Crippen LogP contribution in [0.2, 0.25) is 0 Å². The van der Waals surface area contributed by atoms with Crippen molar-refractivity contribution in [3.63, 3.8) is 0 Å². The van der Waals surface area contributed by atoms with Crippen molar-refractivity contribution in [1.29, 1.82) is 0 Å². The third-order valence-electron chi connectivity index (χ3n) is 7.34.